The number of hydrogen-bond acceptors (Lipinski definition) is 6. The number of imide groups is 1. The van der Waals surface area contributed by atoms with Crippen molar-refractivity contribution in [2.45, 2.75) is 4.90 Å². The maximum absolute atomic E-state index is 12.6. The first kappa shape index (κ1) is 27.3. The number of carbonyl (C=O) groups excluding carboxylic acids is 3. The highest BCUT2D eigenvalue weighted by Gasteiger charge is 2.32. The van der Waals surface area contributed by atoms with Crippen molar-refractivity contribution in [2.24, 2.45) is 0 Å². The Labute approximate surface area is 215 Å². The van der Waals surface area contributed by atoms with Crippen LogP contribution in [0.25, 0.3) is 10.8 Å². The van der Waals surface area contributed by atoms with Crippen LogP contribution in [-0.4, -0.2) is 30.8 Å². The molecule has 0 radical (unpaired) electrons. The maximum Gasteiger partial charge on any atom is 0.343 e. The van der Waals surface area contributed by atoms with Gasteiger partial charge in [-0.15, -0.1) is 0 Å². The number of rotatable bonds is 3. The number of benzene rings is 4. The molecular weight excluding hydrogens is 553 g/mol. The summed E-state index contributed by atoms with van der Waals surface area (Å²) in [7, 11) is -5.52. The molecule has 200 valence electrons. The highest BCUT2D eigenvalue weighted by atomic mass is 32.2. The lowest BCUT2D eigenvalue weighted by Gasteiger charge is -2.17. The number of halogens is 5. The summed E-state index contributed by atoms with van der Waals surface area (Å²) in [5.74, 6) is -13.8. The third kappa shape index (κ3) is 5.19. The summed E-state index contributed by atoms with van der Waals surface area (Å²) in [6.07, 6.45) is 0. The van der Waals surface area contributed by atoms with E-state index < -0.39 is 61.9 Å². The molecule has 1 aliphatic rings. The van der Waals surface area contributed by atoms with Crippen LogP contribution in [0.5, 0.6) is 5.75 Å². The Morgan fingerprint density at radius 2 is 1.31 bits per heavy atom. The van der Waals surface area contributed by atoms with Gasteiger partial charge in [-0.2, -0.15) is 8.42 Å². The Morgan fingerprint density at radius 3 is 1.90 bits per heavy atom. The van der Waals surface area contributed by atoms with E-state index in [1.165, 1.54) is 6.07 Å². The van der Waals surface area contributed by atoms with Gasteiger partial charge in [0.05, 0.1) is 11.1 Å². The zero-order chi connectivity index (χ0) is 28.6. The topological polar surface area (TPSA) is 127 Å². The van der Waals surface area contributed by atoms with E-state index in [1.54, 1.807) is 54.6 Å². The van der Waals surface area contributed by atoms with Crippen LogP contribution in [0.4, 0.5) is 22.0 Å². The quantitative estimate of drug-likeness (QED) is 0.0709. The van der Waals surface area contributed by atoms with Crippen LogP contribution in [0, 0.1) is 29.1 Å². The maximum atomic E-state index is 12.6. The van der Waals surface area contributed by atoms with E-state index in [1.807, 2.05) is 0 Å². The van der Waals surface area contributed by atoms with Gasteiger partial charge in [0.1, 0.15) is 5.75 Å². The summed E-state index contributed by atoms with van der Waals surface area (Å²) < 4.78 is 96.7. The van der Waals surface area contributed by atoms with Crippen molar-refractivity contribution in [3.05, 3.63) is 106 Å². The van der Waals surface area contributed by atoms with Crippen LogP contribution >= 0.6 is 0 Å². The van der Waals surface area contributed by atoms with Crippen molar-refractivity contribution in [3.63, 3.8) is 0 Å². The predicted molar refractivity (Wildman–Crippen MR) is 123 cm³/mol. The molecule has 14 heteroatoms. The fourth-order valence-electron chi connectivity index (χ4n) is 3.62. The van der Waals surface area contributed by atoms with Crippen molar-refractivity contribution >= 4 is 38.7 Å². The van der Waals surface area contributed by atoms with Gasteiger partial charge in [-0.1, -0.05) is 30.3 Å². The second kappa shape index (κ2) is 10.2. The molecule has 0 saturated heterocycles. The van der Waals surface area contributed by atoms with Crippen LogP contribution in [0.2, 0.25) is 0 Å². The average Bonchev–Trinajstić information content (AvgIpc) is 2.89. The van der Waals surface area contributed by atoms with E-state index in [0.29, 0.717) is 27.5 Å². The molecule has 0 unspecified atom stereocenters. The number of nitrogens with one attached hydrogen (secondary N) is 1. The molecule has 5 rings (SSSR count). The van der Waals surface area contributed by atoms with Gasteiger partial charge in [0, 0.05) is 10.9 Å². The van der Waals surface area contributed by atoms with E-state index >= 15 is 0 Å². The fourth-order valence-corrected chi connectivity index (χ4v) is 4.25. The molecule has 4 aromatic carbocycles. The molecule has 0 atom stereocenters. The number of esters is 1. The Bertz CT molecular complexity index is 1770. The third-order valence-electron chi connectivity index (χ3n) is 5.31. The van der Waals surface area contributed by atoms with Crippen molar-refractivity contribution in [2.75, 3.05) is 0 Å². The zero-order valence-electron chi connectivity index (χ0n) is 19.0. The molecule has 2 amide bonds. The normalized spacial score (nSPS) is 12.5. The predicted octanol–water partition coefficient (Wildman–Crippen LogP) is 4.57. The standard InChI is InChI=1S/C19H11NO4.C6HF5O3S/c21-17-14-8-4-7-12-9-13(10-15(16(12)14)18(22)20-17)24-19(23)11-5-2-1-3-6-11;7-1-2(8)4(10)6(15(12,13)14)5(11)3(1)9/h1-10H,(H,20,21,22);(H,12,13,14). The number of ether oxygens (including phenoxy) is 1. The van der Waals surface area contributed by atoms with Crippen LogP contribution in [0.1, 0.15) is 31.1 Å². The minimum atomic E-state index is -5.52. The minimum Gasteiger partial charge on any atom is -0.423 e. The number of hydrogen-bond donors (Lipinski definition) is 2. The van der Waals surface area contributed by atoms with E-state index in [-0.39, 0.29) is 5.75 Å². The fraction of sp³-hybridized carbons (Fsp3) is 0. The molecule has 0 spiro atoms. The van der Waals surface area contributed by atoms with Crippen molar-refractivity contribution < 1.29 is 54.0 Å². The lowest BCUT2D eigenvalue weighted by atomic mass is 9.95. The smallest absolute Gasteiger partial charge is 0.343 e. The third-order valence-corrected chi connectivity index (χ3v) is 6.19. The molecule has 1 heterocycles. The molecule has 0 aliphatic carbocycles. The first-order valence-corrected chi connectivity index (χ1v) is 11.9. The van der Waals surface area contributed by atoms with E-state index in [2.05, 4.69) is 5.32 Å². The van der Waals surface area contributed by atoms with E-state index in [9.17, 15) is 44.8 Å². The van der Waals surface area contributed by atoms with Crippen molar-refractivity contribution in [3.8, 4) is 5.75 Å². The summed E-state index contributed by atoms with van der Waals surface area (Å²) in [5, 5.41) is 3.53. The molecule has 0 aromatic heterocycles. The Balaban J connectivity index is 0.000000204. The van der Waals surface area contributed by atoms with Gasteiger partial charge in [-0.25, -0.2) is 26.7 Å². The Kier molecular flexibility index (Phi) is 7.17. The van der Waals surface area contributed by atoms with Crippen molar-refractivity contribution in [1.29, 1.82) is 0 Å². The van der Waals surface area contributed by atoms with Crippen LogP contribution in [-0.2, 0) is 10.1 Å². The monoisotopic (exact) mass is 565 g/mol. The Morgan fingerprint density at radius 1 is 0.744 bits per heavy atom. The van der Waals surface area contributed by atoms with Crippen LogP contribution < -0.4 is 10.1 Å². The Hall–Kier alpha value is -4.69. The summed E-state index contributed by atoms with van der Waals surface area (Å²) in [6.45, 7) is 0. The molecule has 0 bridgehead atoms. The number of amides is 2. The van der Waals surface area contributed by atoms with Crippen LogP contribution in [0.3, 0.4) is 0 Å². The number of carbonyl (C=O) groups is 3. The largest absolute Gasteiger partial charge is 0.423 e. The summed E-state index contributed by atoms with van der Waals surface area (Å²) in [6, 6.07) is 16.9. The second-order valence-electron chi connectivity index (χ2n) is 7.79. The van der Waals surface area contributed by atoms with Crippen molar-refractivity contribution in [1.82, 2.24) is 5.32 Å². The molecule has 2 N–H and O–H groups in total. The lowest BCUT2D eigenvalue weighted by molar-refractivity contribution is 0.0731. The summed E-state index contributed by atoms with van der Waals surface area (Å²) in [4.78, 5) is 34.0. The molecule has 4 aromatic rings. The van der Waals surface area contributed by atoms with Crippen LogP contribution in [0.15, 0.2) is 65.6 Å². The van der Waals surface area contributed by atoms with Gasteiger partial charge in [-0.05, 0) is 35.7 Å². The molecule has 1 aliphatic heterocycles. The highest BCUT2D eigenvalue weighted by Crippen LogP contribution is 2.31. The molecule has 39 heavy (non-hydrogen) atoms. The highest BCUT2D eigenvalue weighted by molar-refractivity contribution is 7.85. The van der Waals surface area contributed by atoms with Gasteiger partial charge < -0.3 is 4.74 Å². The summed E-state index contributed by atoms with van der Waals surface area (Å²) >= 11 is 0. The van der Waals surface area contributed by atoms with Gasteiger partial charge >= 0.3 is 16.1 Å². The molecule has 0 fully saturated rings. The lowest BCUT2D eigenvalue weighted by Crippen LogP contribution is -2.34. The van der Waals surface area contributed by atoms with E-state index in [0.717, 1.165) is 0 Å². The first-order chi connectivity index (χ1) is 18.3. The van der Waals surface area contributed by atoms with Gasteiger partial charge in [-0.3, -0.25) is 19.5 Å². The van der Waals surface area contributed by atoms with Gasteiger partial charge in [0.15, 0.2) is 28.2 Å². The van der Waals surface area contributed by atoms with E-state index in [4.69, 9.17) is 9.29 Å². The molecule has 0 saturated carbocycles. The second-order valence-corrected chi connectivity index (χ2v) is 9.15. The minimum absolute atomic E-state index is 0.257. The average molecular weight is 565 g/mol. The first-order valence-electron chi connectivity index (χ1n) is 10.5. The SMILES string of the molecule is O=C(Oc1cc2c3c(cccc3c1)C(=O)NC2=O)c1ccccc1.O=S(=O)(O)c1c(F)c(F)c(F)c(F)c1F. The zero-order valence-corrected chi connectivity index (χ0v) is 19.8. The summed E-state index contributed by atoms with van der Waals surface area (Å²) in [5.41, 5.74) is 1.17. The molecular formula is C25H12F5NO7S. The molecule has 8 nitrogen and oxygen atoms in total. The van der Waals surface area contributed by atoms with Gasteiger partial charge in [0.2, 0.25) is 5.82 Å². The van der Waals surface area contributed by atoms with Gasteiger partial charge in [0.25, 0.3) is 11.8 Å².